The van der Waals surface area contributed by atoms with Gasteiger partial charge in [0, 0.05) is 31.4 Å². The van der Waals surface area contributed by atoms with Gasteiger partial charge in [0.1, 0.15) is 0 Å². The van der Waals surface area contributed by atoms with Crippen LogP contribution in [0.2, 0.25) is 0 Å². The molecule has 2 heterocycles. The minimum absolute atomic E-state index is 0.0452. The Kier molecular flexibility index (Phi) is 3.90. The molecule has 3 rings (SSSR count). The minimum atomic E-state index is -4.48. The molecule has 0 radical (unpaired) electrons. The van der Waals surface area contributed by atoms with Crippen molar-refractivity contribution in [3.8, 4) is 0 Å². The first-order valence-corrected chi connectivity index (χ1v) is 7.48. The number of carbonyl (C=O) groups excluding carboxylic acids is 1. The summed E-state index contributed by atoms with van der Waals surface area (Å²) in [6, 6.07) is 0.997. The highest BCUT2D eigenvalue weighted by atomic mass is 19.4. The molecule has 0 atom stereocenters. The number of alkyl halides is 3. The lowest BCUT2D eigenvalue weighted by molar-refractivity contribution is -0.137. The van der Waals surface area contributed by atoms with Gasteiger partial charge in [-0.25, -0.2) is 4.39 Å². The Morgan fingerprint density at radius 2 is 2.04 bits per heavy atom. The summed E-state index contributed by atoms with van der Waals surface area (Å²) in [6.07, 6.45) is -1.59. The fraction of sp³-hybridized carbons (Fsp3) is 0.500. The summed E-state index contributed by atoms with van der Waals surface area (Å²) in [4.78, 5) is 17.3. The van der Waals surface area contributed by atoms with Crippen LogP contribution in [0.1, 0.15) is 36.6 Å². The highest BCUT2D eigenvalue weighted by molar-refractivity contribution is 5.92. The SMILES string of the molecule is C/C(=C(/F)C(=O)N1CCc2ncc(C(F)(F)F)cc2C1)C1CC1. The number of nitrogens with zero attached hydrogens (tertiary/aromatic N) is 2. The molecule has 0 bridgehead atoms. The van der Waals surface area contributed by atoms with Crippen LogP contribution < -0.4 is 0 Å². The molecule has 0 aromatic carbocycles. The predicted octanol–water partition coefficient (Wildman–Crippen LogP) is 3.64. The molecule has 1 aromatic heterocycles. The molecule has 0 saturated heterocycles. The van der Waals surface area contributed by atoms with E-state index in [9.17, 15) is 22.4 Å². The third kappa shape index (κ3) is 3.23. The first kappa shape index (κ1) is 16.0. The summed E-state index contributed by atoms with van der Waals surface area (Å²) in [6.45, 7) is 1.82. The van der Waals surface area contributed by atoms with Crippen LogP contribution >= 0.6 is 0 Å². The maximum Gasteiger partial charge on any atom is 0.417 e. The zero-order valence-electron chi connectivity index (χ0n) is 12.6. The largest absolute Gasteiger partial charge is 0.417 e. The van der Waals surface area contributed by atoms with Crippen molar-refractivity contribution in [1.29, 1.82) is 0 Å². The quantitative estimate of drug-likeness (QED) is 0.613. The van der Waals surface area contributed by atoms with Crippen LogP contribution in [-0.4, -0.2) is 22.3 Å². The van der Waals surface area contributed by atoms with E-state index >= 15 is 0 Å². The molecule has 1 aliphatic carbocycles. The molecule has 0 unspecified atom stereocenters. The fourth-order valence-corrected chi connectivity index (χ4v) is 2.76. The van der Waals surface area contributed by atoms with E-state index in [0.717, 1.165) is 25.1 Å². The van der Waals surface area contributed by atoms with Crippen molar-refractivity contribution in [3.05, 3.63) is 40.5 Å². The van der Waals surface area contributed by atoms with Crippen LogP contribution in [0, 0.1) is 5.92 Å². The van der Waals surface area contributed by atoms with Gasteiger partial charge in [0.2, 0.25) is 0 Å². The van der Waals surface area contributed by atoms with E-state index in [1.807, 2.05) is 0 Å². The average molecular weight is 328 g/mol. The smallest absolute Gasteiger partial charge is 0.332 e. The zero-order chi connectivity index (χ0) is 16.8. The average Bonchev–Trinajstić information content (AvgIpc) is 3.35. The number of carbonyl (C=O) groups is 1. The standard InChI is InChI=1S/C16H16F4N2O/c1-9(10-2-3-10)14(17)15(23)22-5-4-13-11(8-22)6-12(7-21-13)16(18,19)20/h6-7,10H,2-5,8H2,1H3/b14-9-. The highest BCUT2D eigenvalue weighted by Gasteiger charge is 2.34. The minimum Gasteiger partial charge on any atom is -0.332 e. The second-order valence-corrected chi connectivity index (χ2v) is 6.08. The van der Waals surface area contributed by atoms with E-state index in [0.29, 0.717) is 23.3 Å². The number of pyridine rings is 1. The van der Waals surface area contributed by atoms with Gasteiger partial charge in [-0.15, -0.1) is 0 Å². The van der Waals surface area contributed by atoms with Crippen molar-refractivity contribution >= 4 is 5.91 Å². The molecular formula is C16H16F4N2O. The summed E-state index contributed by atoms with van der Waals surface area (Å²) in [5.74, 6) is -1.37. The third-order valence-corrected chi connectivity index (χ3v) is 4.38. The van der Waals surface area contributed by atoms with Gasteiger partial charge in [0.25, 0.3) is 5.91 Å². The topological polar surface area (TPSA) is 33.2 Å². The molecule has 0 spiro atoms. The molecule has 0 N–H and O–H groups in total. The number of hydrogen-bond acceptors (Lipinski definition) is 2. The maximum atomic E-state index is 14.2. The summed E-state index contributed by atoms with van der Waals surface area (Å²) in [5.41, 5.74) is 0.459. The maximum absolute atomic E-state index is 14.2. The molecular weight excluding hydrogens is 312 g/mol. The van der Waals surface area contributed by atoms with E-state index in [2.05, 4.69) is 4.98 Å². The van der Waals surface area contributed by atoms with E-state index in [1.165, 1.54) is 4.90 Å². The molecule has 23 heavy (non-hydrogen) atoms. The van der Waals surface area contributed by atoms with Crippen LogP contribution in [-0.2, 0) is 23.9 Å². The molecule has 3 nitrogen and oxygen atoms in total. The van der Waals surface area contributed by atoms with Crippen LogP contribution in [0.5, 0.6) is 0 Å². The Hall–Kier alpha value is -1.92. The third-order valence-electron chi connectivity index (χ3n) is 4.38. The number of amides is 1. The lowest BCUT2D eigenvalue weighted by Gasteiger charge is -2.28. The van der Waals surface area contributed by atoms with Crippen LogP contribution in [0.3, 0.4) is 0 Å². The van der Waals surface area contributed by atoms with Crippen molar-refractivity contribution in [3.63, 3.8) is 0 Å². The van der Waals surface area contributed by atoms with E-state index in [1.54, 1.807) is 6.92 Å². The number of allylic oxidation sites excluding steroid dienone is 1. The van der Waals surface area contributed by atoms with Crippen molar-refractivity contribution < 1.29 is 22.4 Å². The number of hydrogen-bond donors (Lipinski definition) is 0. The van der Waals surface area contributed by atoms with Crippen molar-refractivity contribution in [1.82, 2.24) is 9.88 Å². The van der Waals surface area contributed by atoms with Gasteiger partial charge in [0.05, 0.1) is 5.56 Å². The van der Waals surface area contributed by atoms with Crippen molar-refractivity contribution in [2.75, 3.05) is 6.54 Å². The number of rotatable bonds is 2. The molecule has 1 amide bonds. The molecule has 1 fully saturated rings. The molecule has 1 aromatic rings. The second-order valence-electron chi connectivity index (χ2n) is 6.08. The lowest BCUT2D eigenvalue weighted by atomic mass is 10.0. The van der Waals surface area contributed by atoms with E-state index < -0.39 is 23.5 Å². The zero-order valence-corrected chi connectivity index (χ0v) is 12.6. The van der Waals surface area contributed by atoms with Gasteiger partial charge in [-0.05, 0) is 42.9 Å². The number of aromatic nitrogens is 1. The monoisotopic (exact) mass is 328 g/mol. The van der Waals surface area contributed by atoms with Crippen molar-refractivity contribution in [2.24, 2.45) is 5.92 Å². The van der Waals surface area contributed by atoms with Gasteiger partial charge >= 0.3 is 6.18 Å². The Morgan fingerprint density at radius 3 is 2.65 bits per heavy atom. The first-order chi connectivity index (χ1) is 10.8. The lowest BCUT2D eigenvalue weighted by Crippen LogP contribution is -2.37. The Morgan fingerprint density at radius 1 is 1.35 bits per heavy atom. The molecule has 1 aliphatic heterocycles. The van der Waals surface area contributed by atoms with Gasteiger partial charge in [0.15, 0.2) is 5.83 Å². The Labute approximate surface area is 131 Å². The van der Waals surface area contributed by atoms with Gasteiger partial charge in [-0.2, -0.15) is 13.2 Å². The fourth-order valence-electron chi connectivity index (χ4n) is 2.76. The van der Waals surface area contributed by atoms with Gasteiger partial charge in [-0.1, -0.05) is 0 Å². The Balaban J connectivity index is 1.81. The summed E-state index contributed by atoms with van der Waals surface area (Å²) in [5, 5.41) is 0. The predicted molar refractivity (Wildman–Crippen MR) is 74.9 cm³/mol. The molecule has 7 heteroatoms. The van der Waals surface area contributed by atoms with Crippen LogP contribution in [0.25, 0.3) is 0 Å². The Bertz CT molecular complexity index is 677. The van der Waals surface area contributed by atoms with Crippen molar-refractivity contribution in [2.45, 2.75) is 38.9 Å². The van der Waals surface area contributed by atoms with E-state index in [-0.39, 0.29) is 19.0 Å². The first-order valence-electron chi connectivity index (χ1n) is 7.48. The number of fused-ring (bicyclic) bond motifs is 1. The molecule has 2 aliphatic rings. The van der Waals surface area contributed by atoms with E-state index in [4.69, 9.17) is 0 Å². The van der Waals surface area contributed by atoms with Crippen LogP contribution in [0.15, 0.2) is 23.7 Å². The number of halogens is 4. The normalized spacial score (nSPS) is 19.3. The van der Waals surface area contributed by atoms with Crippen LogP contribution in [0.4, 0.5) is 17.6 Å². The molecule has 124 valence electrons. The molecule has 1 saturated carbocycles. The summed E-state index contributed by atoms with van der Waals surface area (Å²) in [7, 11) is 0. The van der Waals surface area contributed by atoms with Gasteiger partial charge < -0.3 is 4.90 Å². The second kappa shape index (κ2) is 5.62. The van der Waals surface area contributed by atoms with Gasteiger partial charge in [-0.3, -0.25) is 9.78 Å². The highest BCUT2D eigenvalue weighted by Crippen LogP contribution is 2.38. The summed E-state index contributed by atoms with van der Waals surface area (Å²) < 4.78 is 52.5. The summed E-state index contributed by atoms with van der Waals surface area (Å²) >= 11 is 0.